The molecule has 124 valence electrons. The molecule has 0 saturated carbocycles. The molecule has 0 spiro atoms. The van der Waals surface area contributed by atoms with E-state index in [-0.39, 0.29) is 0 Å². The number of hydrogen-bond donors (Lipinski definition) is 0. The molecule has 0 amide bonds. The van der Waals surface area contributed by atoms with Gasteiger partial charge in [-0.25, -0.2) is 0 Å². The molecule has 1 aliphatic rings. The van der Waals surface area contributed by atoms with Gasteiger partial charge in [-0.05, 0) is 85.7 Å². The molecule has 1 aliphatic heterocycles. The molecule has 0 saturated heterocycles. The predicted octanol–water partition coefficient (Wildman–Crippen LogP) is 7.31. The van der Waals surface area contributed by atoms with E-state index >= 15 is 0 Å². The molecule has 0 bridgehead atoms. The van der Waals surface area contributed by atoms with E-state index in [4.69, 9.17) is 0 Å². The maximum atomic E-state index is 2.32. The largest absolute Gasteiger partial charge is 0.0957 e. The van der Waals surface area contributed by atoms with Gasteiger partial charge in [0.15, 0.2) is 0 Å². The van der Waals surface area contributed by atoms with Crippen LogP contribution in [0.4, 0.5) is 0 Å². The van der Waals surface area contributed by atoms with Crippen LogP contribution in [0.25, 0.3) is 9.81 Å². The Bertz CT molecular complexity index is 750. The highest BCUT2D eigenvalue weighted by atomic mass is 32.2. The Balaban J connectivity index is 1.93. The third kappa shape index (κ3) is 3.36. The van der Waals surface area contributed by atoms with Crippen LogP contribution < -0.4 is 0 Å². The van der Waals surface area contributed by atoms with Crippen LogP contribution in [0, 0.1) is 41.5 Å². The lowest BCUT2D eigenvalue weighted by atomic mass is 10.00. The van der Waals surface area contributed by atoms with Gasteiger partial charge in [-0.15, -0.1) is 0 Å². The van der Waals surface area contributed by atoms with E-state index in [1.54, 1.807) is 0 Å². The molecular weight excluding hydrogens is 328 g/mol. The Morgan fingerprint density at radius 1 is 0.500 bits per heavy atom. The van der Waals surface area contributed by atoms with Crippen LogP contribution in [0.5, 0.6) is 0 Å². The molecule has 0 fully saturated rings. The van der Waals surface area contributed by atoms with Gasteiger partial charge < -0.3 is 0 Å². The molecule has 2 aromatic carbocycles. The molecular formula is C22H24S2. The van der Waals surface area contributed by atoms with Crippen molar-refractivity contribution in [2.75, 3.05) is 0 Å². The smallest absolute Gasteiger partial charge is 0.0261 e. The molecule has 0 aromatic heterocycles. The van der Waals surface area contributed by atoms with Crippen molar-refractivity contribution in [2.24, 2.45) is 0 Å². The number of hydrogen-bond acceptors (Lipinski definition) is 2. The second-order valence-corrected chi connectivity index (χ2v) is 8.57. The summed E-state index contributed by atoms with van der Waals surface area (Å²) in [6.45, 7) is 13.2. The Kier molecular flexibility index (Phi) is 4.98. The Morgan fingerprint density at radius 3 is 1.04 bits per heavy atom. The van der Waals surface area contributed by atoms with E-state index in [1.807, 2.05) is 23.5 Å². The maximum Gasteiger partial charge on any atom is 0.0261 e. The molecule has 24 heavy (non-hydrogen) atoms. The average Bonchev–Trinajstić information content (AvgIpc) is 2.46. The van der Waals surface area contributed by atoms with Gasteiger partial charge >= 0.3 is 0 Å². The second-order valence-electron chi connectivity index (χ2n) is 6.75. The minimum atomic E-state index is 1.34. The van der Waals surface area contributed by atoms with Crippen molar-refractivity contribution in [3.8, 4) is 0 Å². The van der Waals surface area contributed by atoms with Crippen LogP contribution in [-0.2, 0) is 0 Å². The molecule has 1 heterocycles. The van der Waals surface area contributed by atoms with E-state index in [0.717, 1.165) is 0 Å². The first-order valence-corrected chi connectivity index (χ1v) is 10.0. The Hall–Kier alpha value is -1.38. The minimum Gasteiger partial charge on any atom is -0.0957 e. The summed E-state index contributed by atoms with van der Waals surface area (Å²) in [6, 6.07) is 9.12. The van der Waals surface area contributed by atoms with Crippen molar-refractivity contribution >= 4 is 33.3 Å². The van der Waals surface area contributed by atoms with Crippen molar-refractivity contribution in [3.05, 3.63) is 79.6 Å². The summed E-state index contributed by atoms with van der Waals surface area (Å²) in [4.78, 5) is 2.72. The average molecular weight is 353 g/mol. The third-order valence-electron chi connectivity index (χ3n) is 4.43. The van der Waals surface area contributed by atoms with Gasteiger partial charge in [-0.1, -0.05) is 58.9 Å². The second kappa shape index (κ2) is 6.85. The van der Waals surface area contributed by atoms with Crippen molar-refractivity contribution < 1.29 is 0 Å². The molecule has 0 aliphatic carbocycles. The lowest BCUT2D eigenvalue weighted by molar-refractivity contribution is 1.30. The maximum absolute atomic E-state index is 2.32. The summed E-state index contributed by atoms with van der Waals surface area (Å²) in [7, 11) is 0. The summed E-state index contributed by atoms with van der Waals surface area (Å²) >= 11 is 3.71. The highest BCUT2D eigenvalue weighted by molar-refractivity contribution is 8.18. The van der Waals surface area contributed by atoms with Gasteiger partial charge in [0, 0.05) is 9.81 Å². The molecule has 0 N–H and O–H groups in total. The van der Waals surface area contributed by atoms with Gasteiger partial charge in [-0.2, -0.15) is 0 Å². The number of rotatable bonds is 2. The molecule has 0 radical (unpaired) electrons. The molecule has 3 rings (SSSR count). The van der Waals surface area contributed by atoms with Crippen molar-refractivity contribution in [1.82, 2.24) is 0 Å². The predicted molar refractivity (Wildman–Crippen MR) is 112 cm³/mol. The third-order valence-corrected chi connectivity index (χ3v) is 6.59. The number of aryl methyl sites for hydroxylation is 6. The SMILES string of the molecule is Cc1cc(C)c(C2=CSC(c3c(C)cc(C)cc3C)=CS2)c(C)c1. The fraction of sp³-hybridized carbons (Fsp3) is 0.273. The molecule has 0 nitrogen and oxygen atoms in total. The lowest BCUT2D eigenvalue weighted by Crippen LogP contribution is -1.96. The summed E-state index contributed by atoms with van der Waals surface area (Å²) in [5, 5.41) is 4.65. The van der Waals surface area contributed by atoms with Crippen LogP contribution in [-0.4, -0.2) is 0 Å². The van der Waals surface area contributed by atoms with Gasteiger partial charge in [0.1, 0.15) is 0 Å². The lowest BCUT2D eigenvalue weighted by Gasteiger charge is -2.20. The van der Waals surface area contributed by atoms with Crippen molar-refractivity contribution in [3.63, 3.8) is 0 Å². The standard InChI is InChI=1S/C22H24S2/c1-13-7-15(3)21(16(4)8-13)19-11-24-20(12-23-19)22-17(5)9-14(2)10-18(22)6/h7-12H,1-6H3. The zero-order chi connectivity index (χ0) is 17.4. The normalized spacial score (nSPS) is 14.4. The van der Waals surface area contributed by atoms with Gasteiger partial charge in [0.25, 0.3) is 0 Å². The first-order valence-electron chi connectivity index (χ1n) is 8.27. The highest BCUT2D eigenvalue weighted by Gasteiger charge is 2.17. The van der Waals surface area contributed by atoms with Crippen LogP contribution in [0.15, 0.2) is 35.1 Å². The van der Waals surface area contributed by atoms with E-state index in [2.05, 4.69) is 76.6 Å². The van der Waals surface area contributed by atoms with Gasteiger partial charge in [0.2, 0.25) is 0 Å². The van der Waals surface area contributed by atoms with Crippen LogP contribution >= 0.6 is 23.5 Å². The summed E-state index contributed by atoms with van der Waals surface area (Å²) in [5.74, 6) is 0. The Labute approximate surface area is 154 Å². The molecule has 2 heteroatoms. The van der Waals surface area contributed by atoms with Gasteiger partial charge in [0.05, 0.1) is 0 Å². The van der Waals surface area contributed by atoms with Crippen molar-refractivity contribution in [1.29, 1.82) is 0 Å². The van der Waals surface area contributed by atoms with Crippen LogP contribution in [0.1, 0.15) is 44.5 Å². The summed E-state index contributed by atoms with van der Waals surface area (Å²) < 4.78 is 0. The Morgan fingerprint density at radius 2 is 0.792 bits per heavy atom. The number of benzene rings is 2. The fourth-order valence-corrected chi connectivity index (χ4v) is 5.98. The van der Waals surface area contributed by atoms with Crippen molar-refractivity contribution in [2.45, 2.75) is 41.5 Å². The minimum absolute atomic E-state index is 1.34. The van der Waals surface area contributed by atoms with E-state index < -0.39 is 0 Å². The zero-order valence-electron chi connectivity index (χ0n) is 15.3. The van der Waals surface area contributed by atoms with E-state index in [9.17, 15) is 0 Å². The quantitative estimate of drug-likeness (QED) is 0.555. The summed E-state index contributed by atoms with van der Waals surface area (Å²) in [6.07, 6.45) is 0. The van der Waals surface area contributed by atoms with Crippen LogP contribution in [0.3, 0.4) is 0 Å². The monoisotopic (exact) mass is 352 g/mol. The fourth-order valence-electron chi connectivity index (χ4n) is 3.66. The van der Waals surface area contributed by atoms with E-state index in [1.165, 1.54) is 54.3 Å². The number of thioether (sulfide) groups is 2. The molecule has 2 aromatic rings. The summed E-state index contributed by atoms with van der Waals surface area (Å²) in [5.41, 5.74) is 10.9. The zero-order valence-corrected chi connectivity index (χ0v) is 16.9. The molecule has 0 atom stereocenters. The van der Waals surface area contributed by atoms with Crippen LogP contribution in [0.2, 0.25) is 0 Å². The molecule has 0 unspecified atom stereocenters. The first-order chi connectivity index (χ1) is 11.4. The van der Waals surface area contributed by atoms with E-state index in [0.29, 0.717) is 0 Å². The topological polar surface area (TPSA) is 0 Å². The van der Waals surface area contributed by atoms with Gasteiger partial charge in [-0.3, -0.25) is 0 Å². The highest BCUT2D eigenvalue weighted by Crippen LogP contribution is 2.46. The first kappa shape index (κ1) is 17.4.